The fraction of sp³-hybridized carbons (Fsp3) is 0.0238. The molecule has 0 spiro atoms. The smallest absolute Gasteiger partial charge is 0.306 e. The highest BCUT2D eigenvalue weighted by Crippen LogP contribution is 2.56. The van der Waals surface area contributed by atoms with E-state index in [0.717, 1.165) is 22.5 Å². The first-order valence-corrected chi connectivity index (χ1v) is 15.3. The molecule has 6 aromatic carbocycles. The molecule has 0 saturated heterocycles. The number of imidazole rings is 1. The second-order valence-electron chi connectivity index (χ2n) is 11.6. The summed E-state index contributed by atoms with van der Waals surface area (Å²) in [5, 5.41) is 0. The highest BCUT2D eigenvalue weighted by atomic mass is 16.3. The molecule has 0 atom stereocenters. The van der Waals surface area contributed by atoms with Gasteiger partial charge in [-0.05, 0) is 50.6 Å². The minimum atomic E-state index is -0.470. The van der Waals surface area contributed by atoms with E-state index >= 15 is 0 Å². The number of nitrogens with zero attached hydrogens (tertiary/aromatic N) is 2. The third-order valence-corrected chi connectivity index (χ3v) is 9.26. The van der Waals surface area contributed by atoms with Gasteiger partial charge in [-0.15, -0.1) is 0 Å². The minimum Gasteiger partial charge on any atom is -0.432 e. The molecule has 9 rings (SSSR count). The standard InChI is InChI=1S/C42H28N2O/c1-4-12-29(13-5-1)30-20-22-31(23-21-30)39-40(44-26-27-45-41(44)43-39)32-24-25-36-35-18-10-11-19-37(35)42(38(36)28-32,33-14-6-2-7-15-33)34-16-8-3-9-17-34/h1-28H. The zero-order valence-corrected chi connectivity index (χ0v) is 24.5. The molecular formula is C42H28N2O. The zero-order chi connectivity index (χ0) is 29.8. The number of oxazole rings is 1. The van der Waals surface area contributed by atoms with Crippen LogP contribution in [0.15, 0.2) is 175 Å². The van der Waals surface area contributed by atoms with E-state index in [1.165, 1.54) is 44.5 Å². The lowest BCUT2D eigenvalue weighted by atomic mass is 9.67. The van der Waals surface area contributed by atoms with Crippen LogP contribution in [0.4, 0.5) is 0 Å². The lowest BCUT2D eigenvalue weighted by Gasteiger charge is -2.34. The fourth-order valence-corrected chi connectivity index (χ4v) is 7.31. The SMILES string of the molecule is c1ccc(-c2ccc(-c3nc4occn4c3-c3ccc4c(c3)C(c3ccccc3)(c3ccccc3)c3ccccc3-4)cc2)cc1. The Labute approximate surface area is 261 Å². The second kappa shape index (κ2) is 10.1. The zero-order valence-electron chi connectivity index (χ0n) is 24.5. The summed E-state index contributed by atoms with van der Waals surface area (Å²) in [6.45, 7) is 0. The first-order valence-electron chi connectivity index (χ1n) is 15.3. The van der Waals surface area contributed by atoms with Crippen LogP contribution < -0.4 is 0 Å². The Morgan fingerprint density at radius 3 is 1.76 bits per heavy atom. The van der Waals surface area contributed by atoms with Gasteiger partial charge in [0, 0.05) is 17.3 Å². The number of benzene rings is 6. The Morgan fingerprint density at radius 1 is 0.489 bits per heavy atom. The van der Waals surface area contributed by atoms with Gasteiger partial charge < -0.3 is 4.42 Å². The molecular weight excluding hydrogens is 548 g/mol. The molecule has 2 heterocycles. The van der Waals surface area contributed by atoms with Gasteiger partial charge in [0.25, 0.3) is 0 Å². The van der Waals surface area contributed by atoms with E-state index in [1.54, 1.807) is 6.26 Å². The van der Waals surface area contributed by atoms with E-state index in [-0.39, 0.29) is 0 Å². The first-order chi connectivity index (χ1) is 22.3. The Bertz CT molecular complexity index is 2260. The summed E-state index contributed by atoms with van der Waals surface area (Å²) in [6, 6.07) is 56.7. The Kier molecular flexibility index (Phi) is 5.72. The van der Waals surface area contributed by atoms with Crippen molar-refractivity contribution in [2.75, 3.05) is 0 Å². The molecule has 3 nitrogen and oxygen atoms in total. The average Bonchev–Trinajstić information content (AvgIpc) is 3.80. The van der Waals surface area contributed by atoms with Crippen LogP contribution in [-0.2, 0) is 5.41 Å². The number of hydrogen-bond acceptors (Lipinski definition) is 2. The number of aromatic nitrogens is 2. The average molecular weight is 577 g/mol. The molecule has 0 radical (unpaired) electrons. The van der Waals surface area contributed by atoms with Gasteiger partial charge >= 0.3 is 5.84 Å². The van der Waals surface area contributed by atoms with Gasteiger partial charge in [-0.2, -0.15) is 4.98 Å². The summed E-state index contributed by atoms with van der Waals surface area (Å²) in [5.74, 6) is 0.577. The Morgan fingerprint density at radius 2 is 1.04 bits per heavy atom. The van der Waals surface area contributed by atoms with Crippen molar-refractivity contribution in [2.24, 2.45) is 0 Å². The van der Waals surface area contributed by atoms with Gasteiger partial charge in [-0.1, -0.05) is 152 Å². The first kappa shape index (κ1) is 25.6. The van der Waals surface area contributed by atoms with Crippen LogP contribution in [-0.4, -0.2) is 9.38 Å². The minimum absolute atomic E-state index is 0.470. The molecule has 0 N–H and O–H groups in total. The molecule has 0 fully saturated rings. The van der Waals surface area contributed by atoms with Crippen LogP contribution in [0.25, 0.3) is 50.6 Å². The van der Waals surface area contributed by atoms with Crippen molar-refractivity contribution in [3.8, 4) is 44.8 Å². The quantitative estimate of drug-likeness (QED) is 0.204. The number of fused-ring (bicyclic) bond motifs is 4. The molecule has 0 aliphatic heterocycles. The lowest BCUT2D eigenvalue weighted by Crippen LogP contribution is -2.28. The fourth-order valence-electron chi connectivity index (χ4n) is 7.31. The van der Waals surface area contributed by atoms with Crippen LogP contribution >= 0.6 is 0 Å². The largest absolute Gasteiger partial charge is 0.432 e. The summed E-state index contributed by atoms with van der Waals surface area (Å²) in [4.78, 5) is 5.00. The van der Waals surface area contributed by atoms with E-state index in [9.17, 15) is 0 Å². The van der Waals surface area contributed by atoms with Gasteiger partial charge in [0.15, 0.2) is 0 Å². The summed E-state index contributed by atoms with van der Waals surface area (Å²) < 4.78 is 7.92. The maximum absolute atomic E-state index is 5.85. The predicted molar refractivity (Wildman–Crippen MR) is 181 cm³/mol. The van der Waals surface area contributed by atoms with E-state index in [2.05, 4.69) is 156 Å². The molecule has 212 valence electrons. The van der Waals surface area contributed by atoms with Crippen LogP contribution in [0.5, 0.6) is 0 Å². The van der Waals surface area contributed by atoms with E-state index in [1.807, 2.05) is 12.3 Å². The van der Waals surface area contributed by atoms with Crippen molar-refractivity contribution in [3.05, 3.63) is 192 Å². The molecule has 2 aromatic heterocycles. The molecule has 0 bridgehead atoms. The van der Waals surface area contributed by atoms with E-state index in [0.29, 0.717) is 5.84 Å². The van der Waals surface area contributed by atoms with Crippen LogP contribution in [0.1, 0.15) is 22.3 Å². The second-order valence-corrected chi connectivity index (χ2v) is 11.6. The summed E-state index contributed by atoms with van der Waals surface area (Å²) >= 11 is 0. The van der Waals surface area contributed by atoms with Gasteiger partial charge in [-0.25, -0.2) is 0 Å². The number of hydrogen-bond donors (Lipinski definition) is 0. The van der Waals surface area contributed by atoms with Gasteiger partial charge in [0.05, 0.1) is 11.1 Å². The normalized spacial score (nSPS) is 13.1. The van der Waals surface area contributed by atoms with Crippen molar-refractivity contribution >= 4 is 5.84 Å². The van der Waals surface area contributed by atoms with Crippen molar-refractivity contribution < 1.29 is 4.42 Å². The molecule has 3 heteroatoms. The van der Waals surface area contributed by atoms with Gasteiger partial charge in [-0.3, -0.25) is 4.40 Å². The highest BCUT2D eigenvalue weighted by Gasteiger charge is 2.46. The van der Waals surface area contributed by atoms with Gasteiger partial charge in [0.2, 0.25) is 0 Å². The molecule has 0 saturated carbocycles. The van der Waals surface area contributed by atoms with Crippen molar-refractivity contribution in [3.63, 3.8) is 0 Å². The highest BCUT2D eigenvalue weighted by molar-refractivity contribution is 5.90. The van der Waals surface area contributed by atoms with Crippen LogP contribution in [0.3, 0.4) is 0 Å². The maximum atomic E-state index is 5.85. The Balaban J connectivity index is 1.28. The monoisotopic (exact) mass is 576 g/mol. The predicted octanol–water partition coefficient (Wildman–Crippen LogP) is 10.3. The third-order valence-electron chi connectivity index (χ3n) is 9.26. The maximum Gasteiger partial charge on any atom is 0.306 e. The van der Waals surface area contributed by atoms with Crippen molar-refractivity contribution in [1.29, 1.82) is 0 Å². The molecule has 8 aromatic rings. The van der Waals surface area contributed by atoms with Gasteiger partial charge in [0.1, 0.15) is 12.0 Å². The van der Waals surface area contributed by atoms with Crippen molar-refractivity contribution in [2.45, 2.75) is 5.41 Å². The lowest BCUT2D eigenvalue weighted by molar-refractivity contribution is 0.596. The van der Waals surface area contributed by atoms with E-state index < -0.39 is 5.41 Å². The molecule has 0 unspecified atom stereocenters. The topological polar surface area (TPSA) is 30.4 Å². The summed E-state index contributed by atoms with van der Waals surface area (Å²) in [6.07, 6.45) is 3.67. The van der Waals surface area contributed by atoms with Crippen LogP contribution in [0.2, 0.25) is 0 Å². The molecule has 1 aliphatic rings. The summed E-state index contributed by atoms with van der Waals surface area (Å²) in [7, 11) is 0. The molecule has 0 amide bonds. The van der Waals surface area contributed by atoms with E-state index in [4.69, 9.17) is 9.40 Å². The van der Waals surface area contributed by atoms with Crippen LogP contribution in [0, 0.1) is 0 Å². The number of rotatable bonds is 5. The Hall–Kier alpha value is -5.93. The summed E-state index contributed by atoms with van der Waals surface area (Å²) in [5.41, 5.74) is 13.5. The molecule has 1 aliphatic carbocycles. The van der Waals surface area contributed by atoms with Crippen molar-refractivity contribution in [1.82, 2.24) is 9.38 Å². The molecule has 45 heavy (non-hydrogen) atoms. The third kappa shape index (κ3) is 3.81.